The second kappa shape index (κ2) is 19.8. The third-order valence-electron chi connectivity index (χ3n) is 11.0. The first-order valence-corrected chi connectivity index (χ1v) is 21.7. The number of aromatic nitrogens is 1. The van der Waals surface area contributed by atoms with Gasteiger partial charge in [0.15, 0.2) is 9.84 Å². The maximum Gasteiger partial charge on any atom is 0.323 e. The maximum atomic E-state index is 12.7. The molecule has 0 saturated carbocycles. The van der Waals surface area contributed by atoms with Gasteiger partial charge in [-0.1, -0.05) is 67.9 Å². The number of nitrogens with zero attached hydrogens (tertiary/aromatic N) is 2. The zero-order chi connectivity index (χ0) is 42.8. The number of hydrogen-bond acceptors (Lipinski definition) is 13. The molecule has 3 atom stereocenters. The number of ether oxygens (including phenoxy) is 4. The number of aliphatic carboxylic acids is 1. The third-order valence-corrected chi connectivity index (χ3v) is 12.4. The number of carboxylic acids is 1. The number of halogens is 1. The predicted molar refractivity (Wildman–Crippen MR) is 222 cm³/mol. The Labute approximate surface area is 350 Å². The lowest BCUT2D eigenvalue weighted by Crippen LogP contribution is -2.52. The fourth-order valence-corrected chi connectivity index (χ4v) is 8.23. The SMILES string of the molecule is CCOC(=O)C1(CO)CCN(CCCOC2(COc3cc(OCc4cncc(S(C)(=O)=O)c4)c(CNC(CO)C(=O)O)cc3Cl)C=CC=C(c3ccccc3)C2(C)C)C1. The molecule has 16 heteroatoms. The van der Waals surface area contributed by atoms with Crippen molar-refractivity contribution in [1.82, 2.24) is 15.2 Å². The number of nitrogens with one attached hydrogen (secondary N) is 1. The number of carbonyl (C=O) groups excluding carboxylic acids is 1. The lowest BCUT2D eigenvalue weighted by Gasteiger charge is -2.47. The summed E-state index contributed by atoms with van der Waals surface area (Å²) in [5, 5.41) is 32.3. The van der Waals surface area contributed by atoms with E-state index in [1.54, 1.807) is 19.1 Å². The highest BCUT2D eigenvalue weighted by Crippen LogP contribution is 2.49. The Morgan fingerprint density at radius 3 is 2.51 bits per heavy atom. The van der Waals surface area contributed by atoms with Crippen LogP contribution in [0.25, 0.3) is 5.57 Å². The van der Waals surface area contributed by atoms with Crippen molar-refractivity contribution in [2.45, 2.75) is 63.3 Å². The van der Waals surface area contributed by atoms with Crippen LogP contribution in [-0.4, -0.2) is 116 Å². The van der Waals surface area contributed by atoms with Crippen LogP contribution < -0.4 is 14.8 Å². The summed E-state index contributed by atoms with van der Waals surface area (Å²) in [6.07, 6.45) is 11.0. The average molecular weight is 856 g/mol. The van der Waals surface area contributed by atoms with Gasteiger partial charge in [-0.25, -0.2) is 8.42 Å². The molecule has 1 aromatic heterocycles. The minimum atomic E-state index is -3.53. The topological polar surface area (TPSA) is 194 Å². The second-order valence-corrected chi connectivity index (χ2v) is 17.9. The van der Waals surface area contributed by atoms with Crippen LogP contribution in [-0.2, 0) is 42.1 Å². The molecule has 1 fully saturated rings. The smallest absolute Gasteiger partial charge is 0.323 e. The number of likely N-dealkylation sites (tertiary alicyclic amines) is 1. The van der Waals surface area contributed by atoms with E-state index in [-0.39, 0.29) is 60.4 Å². The Morgan fingerprint density at radius 2 is 1.83 bits per heavy atom. The first-order chi connectivity index (χ1) is 28.1. The van der Waals surface area contributed by atoms with Gasteiger partial charge in [0, 0.05) is 67.5 Å². The van der Waals surface area contributed by atoms with Gasteiger partial charge in [0.05, 0.1) is 29.7 Å². The Bertz CT molecular complexity index is 2110. The Hall–Kier alpha value is -4.35. The Balaban J connectivity index is 1.40. The van der Waals surface area contributed by atoms with Gasteiger partial charge in [-0.05, 0) is 55.7 Å². The number of hydrogen-bond donors (Lipinski definition) is 4. The molecule has 1 aliphatic heterocycles. The number of pyridine rings is 1. The van der Waals surface area contributed by atoms with Crippen LogP contribution >= 0.6 is 11.6 Å². The summed E-state index contributed by atoms with van der Waals surface area (Å²) in [5.41, 5.74) is 0.394. The molecule has 14 nitrogen and oxygen atoms in total. The number of aliphatic hydroxyl groups is 2. The summed E-state index contributed by atoms with van der Waals surface area (Å²) in [6.45, 7) is 7.16. The molecular formula is C43H54ClN3O11S. The number of rotatable bonds is 21. The second-order valence-electron chi connectivity index (χ2n) is 15.4. The molecule has 59 heavy (non-hydrogen) atoms. The largest absolute Gasteiger partial charge is 0.488 e. The fraction of sp³-hybridized carbons (Fsp3) is 0.465. The van der Waals surface area contributed by atoms with Crippen LogP contribution in [0.15, 0.2) is 84.0 Å². The summed E-state index contributed by atoms with van der Waals surface area (Å²) in [5.74, 6) is -1.09. The molecule has 0 amide bonds. The van der Waals surface area contributed by atoms with E-state index >= 15 is 0 Å². The number of benzene rings is 2. The van der Waals surface area contributed by atoms with Gasteiger partial charge in [0.2, 0.25) is 0 Å². The molecule has 0 spiro atoms. The molecule has 2 aliphatic rings. The summed E-state index contributed by atoms with van der Waals surface area (Å²) in [7, 11) is -3.53. The molecular weight excluding hydrogens is 802 g/mol. The van der Waals surface area contributed by atoms with E-state index in [1.807, 2.05) is 42.5 Å². The van der Waals surface area contributed by atoms with Gasteiger partial charge in [-0.3, -0.25) is 19.9 Å². The zero-order valence-electron chi connectivity index (χ0n) is 33.9. The van der Waals surface area contributed by atoms with Gasteiger partial charge >= 0.3 is 11.9 Å². The van der Waals surface area contributed by atoms with Crippen molar-refractivity contribution in [3.63, 3.8) is 0 Å². The lowest BCUT2D eigenvalue weighted by atomic mass is 9.65. The molecule has 0 radical (unpaired) electrons. The molecule has 5 rings (SSSR count). The van der Waals surface area contributed by atoms with Crippen LogP contribution in [0.4, 0.5) is 0 Å². The van der Waals surface area contributed by atoms with Crippen molar-refractivity contribution in [2.75, 3.05) is 58.9 Å². The number of esters is 1. The minimum absolute atomic E-state index is 0.0174. The molecule has 2 heterocycles. The van der Waals surface area contributed by atoms with Crippen molar-refractivity contribution in [2.24, 2.45) is 10.8 Å². The molecule has 2 aromatic carbocycles. The van der Waals surface area contributed by atoms with E-state index in [0.29, 0.717) is 50.2 Å². The normalized spacial score (nSPS) is 20.8. The lowest BCUT2D eigenvalue weighted by molar-refractivity contribution is -0.157. The predicted octanol–water partition coefficient (Wildman–Crippen LogP) is 4.70. The number of aliphatic hydroxyl groups excluding tert-OH is 2. The number of carbonyl (C=O) groups is 2. The quantitative estimate of drug-likeness (QED) is 0.0851. The molecule has 3 aromatic rings. The molecule has 0 bridgehead atoms. The monoisotopic (exact) mass is 855 g/mol. The molecule has 3 unspecified atom stereocenters. The van der Waals surface area contributed by atoms with Crippen molar-refractivity contribution >= 4 is 38.9 Å². The minimum Gasteiger partial charge on any atom is -0.488 e. The van der Waals surface area contributed by atoms with E-state index in [4.69, 9.17) is 30.5 Å². The fourth-order valence-electron chi connectivity index (χ4n) is 7.37. The Kier molecular flexibility index (Phi) is 15.4. The van der Waals surface area contributed by atoms with Crippen LogP contribution in [0.1, 0.15) is 50.3 Å². The number of allylic oxidation sites excluding steroid dienone is 2. The third kappa shape index (κ3) is 10.9. The van der Waals surface area contributed by atoms with E-state index in [2.05, 4.69) is 35.1 Å². The summed E-state index contributed by atoms with van der Waals surface area (Å²) < 4.78 is 49.3. The first-order valence-electron chi connectivity index (χ1n) is 19.5. The summed E-state index contributed by atoms with van der Waals surface area (Å²) in [4.78, 5) is 30.6. The van der Waals surface area contributed by atoms with E-state index in [1.165, 1.54) is 18.5 Å². The Morgan fingerprint density at radius 1 is 1.07 bits per heavy atom. The van der Waals surface area contributed by atoms with Crippen LogP contribution in [0.2, 0.25) is 5.02 Å². The van der Waals surface area contributed by atoms with Gasteiger partial charge in [-0.2, -0.15) is 0 Å². The highest BCUT2D eigenvalue weighted by atomic mass is 35.5. The molecule has 1 aliphatic carbocycles. The highest BCUT2D eigenvalue weighted by Gasteiger charge is 2.50. The summed E-state index contributed by atoms with van der Waals surface area (Å²) >= 11 is 6.86. The first kappa shape index (κ1) is 45.7. The van der Waals surface area contributed by atoms with E-state index in [9.17, 15) is 33.3 Å². The van der Waals surface area contributed by atoms with E-state index in [0.717, 1.165) is 17.4 Å². The van der Waals surface area contributed by atoms with Gasteiger partial charge in [-0.15, -0.1) is 0 Å². The van der Waals surface area contributed by atoms with Gasteiger partial charge < -0.3 is 39.2 Å². The van der Waals surface area contributed by atoms with Crippen molar-refractivity contribution in [3.05, 3.63) is 101 Å². The van der Waals surface area contributed by atoms with Crippen molar-refractivity contribution in [1.29, 1.82) is 0 Å². The van der Waals surface area contributed by atoms with Gasteiger partial charge in [0.25, 0.3) is 0 Å². The van der Waals surface area contributed by atoms with Crippen LogP contribution in [0.3, 0.4) is 0 Å². The van der Waals surface area contributed by atoms with Crippen LogP contribution in [0, 0.1) is 10.8 Å². The maximum absolute atomic E-state index is 12.7. The summed E-state index contributed by atoms with van der Waals surface area (Å²) in [6, 6.07) is 13.4. The van der Waals surface area contributed by atoms with Crippen molar-refractivity contribution < 1.29 is 52.3 Å². The number of carboxylic acid groups (broad SMARTS) is 1. The van der Waals surface area contributed by atoms with Crippen LogP contribution in [0.5, 0.6) is 11.5 Å². The molecule has 1 saturated heterocycles. The zero-order valence-corrected chi connectivity index (χ0v) is 35.4. The average Bonchev–Trinajstić information content (AvgIpc) is 3.64. The standard InChI is InChI=1S/C43H54ClN3O11S/c1-5-55-40(52)42(28-49)15-17-47(27-42)16-10-18-58-43(14-9-13-34(41(43,2)3)31-11-7-6-8-12-31)29-57-38-21-37(32(20-35(38)44)23-46-36(25-48)39(50)51)56-26-30-19-33(24-45-22-30)59(4,53)54/h6-9,11-14,19-22,24,36,46,48-49H,5,10,15-18,23,25-29H2,1-4H3,(H,50,51). The highest BCUT2D eigenvalue weighted by molar-refractivity contribution is 7.90. The van der Waals surface area contributed by atoms with E-state index < -0.39 is 44.9 Å². The number of sulfone groups is 1. The van der Waals surface area contributed by atoms with Gasteiger partial charge in [0.1, 0.15) is 41.8 Å². The van der Waals surface area contributed by atoms with Crippen molar-refractivity contribution in [3.8, 4) is 11.5 Å². The molecule has 4 N–H and O–H groups in total. The molecule has 320 valence electrons.